The summed E-state index contributed by atoms with van der Waals surface area (Å²) in [4.78, 5) is 13.1. The van der Waals surface area contributed by atoms with Crippen molar-refractivity contribution in [1.29, 1.82) is 0 Å². The van der Waals surface area contributed by atoms with Gasteiger partial charge in [-0.2, -0.15) is 4.98 Å². The third-order valence-electron chi connectivity index (χ3n) is 4.18. The van der Waals surface area contributed by atoms with E-state index in [0.717, 1.165) is 18.0 Å². The van der Waals surface area contributed by atoms with Gasteiger partial charge >= 0.3 is 0 Å². The van der Waals surface area contributed by atoms with E-state index in [-0.39, 0.29) is 5.38 Å². The van der Waals surface area contributed by atoms with E-state index in [2.05, 4.69) is 26.4 Å². The van der Waals surface area contributed by atoms with E-state index >= 15 is 0 Å². The number of alkyl halides is 1. The van der Waals surface area contributed by atoms with E-state index in [0.29, 0.717) is 16.8 Å². The van der Waals surface area contributed by atoms with Gasteiger partial charge in [0.2, 0.25) is 5.88 Å². The van der Waals surface area contributed by atoms with E-state index < -0.39 is 0 Å². The number of methoxy groups -OCH3 is 1. The SMILES string of the molecule is COc1ncnc2c1nc(C(C)Cl)n2CC1(C)CCC1. The highest BCUT2D eigenvalue weighted by Gasteiger charge is 2.34. The number of aromatic nitrogens is 4. The van der Waals surface area contributed by atoms with E-state index in [1.165, 1.54) is 25.6 Å². The summed E-state index contributed by atoms with van der Waals surface area (Å²) < 4.78 is 7.41. The number of halogens is 1. The predicted molar refractivity (Wildman–Crippen MR) is 78.1 cm³/mol. The van der Waals surface area contributed by atoms with Crippen molar-refractivity contribution >= 4 is 22.8 Å². The summed E-state index contributed by atoms with van der Waals surface area (Å²) in [6.45, 7) is 5.14. The minimum atomic E-state index is -0.169. The second-order valence-corrected chi connectivity index (χ2v) is 6.55. The highest BCUT2D eigenvalue weighted by molar-refractivity contribution is 6.20. The Kier molecular flexibility index (Phi) is 3.32. The van der Waals surface area contributed by atoms with E-state index in [1.807, 2.05) is 6.92 Å². The van der Waals surface area contributed by atoms with Gasteiger partial charge in [-0.05, 0) is 25.2 Å². The van der Waals surface area contributed by atoms with Crippen LogP contribution in [-0.4, -0.2) is 26.6 Å². The average molecular weight is 295 g/mol. The molecule has 0 aliphatic heterocycles. The van der Waals surface area contributed by atoms with Crippen LogP contribution < -0.4 is 4.74 Å². The zero-order chi connectivity index (χ0) is 14.3. The van der Waals surface area contributed by atoms with Gasteiger partial charge in [0.1, 0.15) is 12.2 Å². The molecule has 2 aromatic heterocycles. The van der Waals surface area contributed by atoms with Gasteiger partial charge in [-0.15, -0.1) is 11.6 Å². The lowest BCUT2D eigenvalue weighted by Gasteiger charge is -2.39. The summed E-state index contributed by atoms with van der Waals surface area (Å²) in [5.41, 5.74) is 1.83. The molecular weight excluding hydrogens is 276 g/mol. The molecule has 6 heteroatoms. The molecule has 5 nitrogen and oxygen atoms in total. The van der Waals surface area contributed by atoms with Crippen molar-refractivity contribution in [2.24, 2.45) is 5.41 Å². The molecule has 1 unspecified atom stereocenters. The van der Waals surface area contributed by atoms with Crippen LogP contribution in [0.2, 0.25) is 0 Å². The fourth-order valence-corrected chi connectivity index (χ4v) is 3.03. The third-order valence-corrected chi connectivity index (χ3v) is 4.37. The summed E-state index contributed by atoms with van der Waals surface area (Å²) in [6.07, 6.45) is 5.30. The quantitative estimate of drug-likeness (QED) is 0.812. The lowest BCUT2D eigenvalue weighted by atomic mass is 9.70. The maximum Gasteiger partial charge on any atom is 0.245 e. The molecule has 2 aromatic rings. The highest BCUT2D eigenvalue weighted by Crippen LogP contribution is 2.43. The molecule has 1 aliphatic carbocycles. The van der Waals surface area contributed by atoms with Gasteiger partial charge in [0, 0.05) is 6.54 Å². The molecule has 0 N–H and O–H groups in total. The van der Waals surface area contributed by atoms with E-state index in [4.69, 9.17) is 16.3 Å². The zero-order valence-electron chi connectivity index (χ0n) is 12.1. The van der Waals surface area contributed by atoms with Crippen molar-refractivity contribution in [1.82, 2.24) is 19.5 Å². The molecule has 1 saturated carbocycles. The van der Waals surface area contributed by atoms with Crippen molar-refractivity contribution in [2.75, 3.05) is 7.11 Å². The van der Waals surface area contributed by atoms with Crippen LogP contribution in [0.3, 0.4) is 0 Å². The van der Waals surface area contributed by atoms with Crippen LogP contribution in [0.15, 0.2) is 6.33 Å². The Balaban J connectivity index is 2.14. The topological polar surface area (TPSA) is 52.8 Å². The predicted octanol–water partition coefficient (Wildman–Crippen LogP) is 3.32. The number of nitrogens with zero attached hydrogens (tertiary/aromatic N) is 4. The van der Waals surface area contributed by atoms with Gasteiger partial charge in [0.25, 0.3) is 0 Å². The molecule has 20 heavy (non-hydrogen) atoms. The molecule has 2 heterocycles. The van der Waals surface area contributed by atoms with Crippen LogP contribution in [0.5, 0.6) is 5.88 Å². The Bertz CT molecular complexity index is 633. The second kappa shape index (κ2) is 4.88. The molecule has 0 saturated heterocycles. The minimum Gasteiger partial charge on any atom is -0.479 e. The van der Waals surface area contributed by atoms with Crippen LogP contribution >= 0.6 is 11.6 Å². The molecule has 1 atom stereocenters. The largest absolute Gasteiger partial charge is 0.479 e. The lowest BCUT2D eigenvalue weighted by Crippen LogP contribution is -2.31. The molecular formula is C14H19ClN4O. The van der Waals surface area contributed by atoms with Crippen LogP contribution in [0.1, 0.15) is 44.3 Å². The van der Waals surface area contributed by atoms with Crippen LogP contribution in [-0.2, 0) is 6.54 Å². The normalized spacial score (nSPS) is 18.8. The summed E-state index contributed by atoms with van der Waals surface area (Å²) in [5, 5.41) is -0.169. The first kappa shape index (κ1) is 13.6. The standard InChI is InChI=1S/C14H19ClN4O/c1-9(15)11-18-10-12(16-8-17-13(10)20-3)19(11)7-14(2)5-4-6-14/h8-9H,4-7H2,1-3H3. The number of imidazole rings is 1. The number of ether oxygens (including phenoxy) is 1. The molecule has 108 valence electrons. The molecule has 0 amide bonds. The van der Waals surface area contributed by atoms with E-state index in [9.17, 15) is 0 Å². The third kappa shape index (κ3) is 2.14. The maximum atomic E-state index is 6.29. The molecule has 0 spiro atoms. The van der Waals surface area contributed by atoms with Crippen LogP contribution in [0.4, 0.5) is 0 Å². The summed E-state index contributed by atoms with van der Waals surface area (Å²) in [5.74, 6) is 1.35. The van der Waals surface area contributed by atoms with Crippen molar-refractivity contribution in [3.63, 3.8) is 0 Å². The number of fused-ring (bicyclic) bond motifs is 1. The fraction of sp³-hybridized carbons (Fsp3) is 0.643. The van der Waals surface area contributed by atoms with Gasteiger partial charge < -0.3 is 9.30 Å². The Morgan fingerprint density at radius 2 is 2.20 bits per heavy atom. The minimum absolute atomic E-state index is 0.169. The molecule has 3 rings (SSSR count). The summed E-state index contributed by atoms with van der Waals surface area (Å²) >= 11 is 6.29. The molecule has 0 radical (unpaired) electrons. The van der Waals surface area contributed by atoms with E-state index in [1.54, 1.807) is 7.11 Å². The van der Waals surface area contributed by atoms with Crippen molar-refractivity contribution < 1.29 is 4.74 Å². The smallest absolute Gasteiger partial charge is 0.245 e. The van der Waals surface area contributed by atoms with Crippen molar-refractivity contribution in [3.8, 4) is 5.88 Å². The zero-order valence-corrected chi connectivity index (χ0v) is 12.8. The van der Waals surface area contributed by atoms with Crippen molar-refractivity contribution in [2.45, 2.75) is 45.0 Å². The fourth-order valence-electron chi connectivity index (χ4n) is 2.86. The molecule has 0 bridgehead atoms. The Labute approximate surface area is 123 Å². The Morgan fingerprint density at radius 1 is 1.45 bits per heavy atom. The highest BCUT2D eigenvalue weighted by atomic mass is 35.5. The second-order valence-electron chi connectivity index (χ2n) is 5.89. The lowest BCUT2D eigenvalue weighted by molar-refractivity contribution is 0.132. The monoisotopic (exact) mass is 294 g/mol. The molecule has 1 fully saturated rings. The van der Waals surface area contributed by atoms with Gasteiger partial charge in [0.05, 0.1) is 12.5 Å². The molecule has 0 aromatic carbocycles. The molecule has 1 aliphatic rings. The van der Waals surface area contributed by atoms with Gasteiger partial charge in [-0.25, -0.2) is 9.97 Å². The maximum absolute atomic E-state index is 6.29. The van der Waals surface area contributed by atoms with Gasteiger partial charge in [-0.3, -0.25) is 0 Å². The Hall–Kier alpha value is -1.36. The Morgan fingerprint density at radius 3 is 2.75 bits per heavy atom. The van der Waals surface area contributed by atoms with Crippen molar-refractivity contribution in [3.05, 3.63) is 12.2 Å². The van der Waals surface area contributed by atoms with Gasteiger partial charge in [-0.1, -0.05) is 13.3 Å². The first-order valence-corrected chi connectivity index (χ1v) is 7.37. The van der Waals surface area contributed by atoms with Crippen LogP contribution in [0, 0.1) is 5.41 Å². The summed E-state index contributed by atoms with van der Waals surface area (Å²) in [7, 11) is 1.60. The first-order valence-electron chi connectivity index (χ1n) is 6.93. The first-order chi connectivity index (χ1) is 9.54. The van der Waals surface area contributed by atoms with Crippen LogP contribution in [0.25, 0.3) is 11.2 Å². The number of hydrogen-bond donors (Lipinski definition) is 0. The summed E-state index contributed by atoms with van der Waals surface area (Å²) in [6, 6.07) is 0. The van der Waals surface area contributed by atoms with Gasteiger partial charge in [0.15, 0.2) is 11.2 Å². The number of rotatable bonds is 4. The number of hydrogen-bond acceptors (Lipinski definition) is 4. The average Bonchev–Trinajstić information content (AvgIpc) is 2.76.